The number of rotatable bonds is 15. The molecule has 0 bridgehead atoms. The van der Waals surface area contributed by atoms with Crippen molar-refractivity contribution >= 4 is 23.7 Å². The lowest BCUT2D eigenvalue weighted by Gasteiger charge is -2.25. The van der Waals surface area contributed by atoms with Crippen LogP contribution in [-0.2, 0) is 44.9 Å². The number of benzene rings is 3. The molecule has 4 rings (SSSR count). The Hall–Kier alpha value is -5.89. The molecule has 14 heteroatoms. The number of hydrogen-bond donors (Lipinski definition) is 9. The van der Waals surface area contributed by atoms with Crippen LogP contribution in [0, 0.1) is 0 Å². The molecule has 4 unspecified atom stereocenters. The van der Waals surface area contributed by atoms with Crippen molar-refractivity contribution in [2.75, 3.05) is 0 Å². The molecule has 246 valence electrons. The Labute approximate surface area is 269 Å². The predicted octanol–water partition coefficient (Wildman–Crippen LogP) is 0.663. The van der Waals surface area contributed by atoms with E-state index in [9.17, 15) is 39.6 Å². The van der Waals surface area contributed by atoms with Gasteiger partial charge in [-0.15, -0.1) is 0 Å². The fourth-order valence-electron chi connectivity index (χ4n) is 4.77. The van der Waals surface area contributed by atoms with Gasteiger partial charge < -0.3 is 47.1 Å². The quantitative estimate of drug-likeness (QED) is 0.0876. The van der Waals surface area contributed by atoms with Gasteiger partial charge in [0.05, 0.1) is 12.4 Å². The van der Waals surface area contributed by atoms with Crippen molar-refractivity contribution in [3.8, 4) is 17.2 Å². The zero-order chi connectivity index (χ0) is 33.9. The smallest absolute Gasteiger partial charge is 0.326 e. The SMILES string of the molecule is NC(Cc1ccc(O)cc1)C(=O)NC(Cc1ccc(O)cc1)C(=O)NC(Cc1ccc(O)cc1)C(=O)NC(Cc1cnc[nH]1)C(=O)O. The molecular formula is C33H36N6O8. The van der Waals surface area contributed by atoms with Gasteiger partial charge in [-0.05, 0) is 59.5 Å². The average Bonchev–Trinajstić information content (AvgIpc) is 3.56. The summed E-state index contributed by atoms with van der Waals surface area (Å²) in [6.07, 6.45) is 2.71. The van der Waals surface area contributed by atoms with Crippen LogP contribution < -0.4 is 21.7 Å². The Morgan fingerprint density at radius 3 is 1.43 bits per heavy atom. The molecule has 3 amide bonds. The topological polar surface area (TPSA) is 240 Å². The number of aromatic hydroxyl groups is 3. The third-order valence-electron chi connectivity index (χ3n) is 7.34. The summed E-state index contributed by atoms with van der Waals surface area (Å²) in [5.74, 6) is -3.45. The van der Waals surface area contributed by atoms with Crippen molar-refractivity contribution in [2.24, 2.45) is 5.73 Å². The van der Waals surface area contributed by atoms with Crippen LogP contribution in [0.1, 0.15) is 22.4 Å². The second-order valence-corrected chi connectivity index (χ2v) is 11.0. The maximum Gasteiger partial charge on any atom is 0.326 e. The Bertz CT molecular complexity index is 1640. The summed E-state index contributed by atoms with van der Waals surface area (Å²) in [4.78, 5) is 59.2. The molecule has 10 N–H and O–H groups in total. The number of nitrogens with one attached hydrogen (secondary N) is 4. The lowest BCUT2D eigenvalue weighted by molar-refractivity contribution is -0.142. The van der Waals surface area contributed by atoms with E-state index in [0.29, 0.717) is 22.4 Å². The van der Waals surface area contributed by atoms with E-state index in [-0.39, 0.29) is 42.9 Å². The van der Waals surface area contributed by atoms with Crippen LogP contribution in [0.4, 0.5) is 0 Å². The first-order chi connectivity index (χ1) is 22.5. The summed E-state index contributed by atoms with van der Waals surface area (Å²) in [5.41, 5.74) is 8.45. The van der Waals surface area contributed by atoms with Gasteiger partial charge in [-0.25, -0.2) is 9.78 Å². The van der Waals surface area contributed by atoms with Gasteiger partial charge in [-0.3, -0.25) is 14.4 Å². The van der Waals surface area contributed by atoms with Crippen molar-refractivity contribution in [3.05, 3.63) is 108 Å². The van der Waals surface area contributed by atoms with Crippen molar-refractivity contribution in [1.29, 1.82) is 0 Å². The number of carbonyl (C=O) groups is 4. The van der Waals surface area contributed by atoms with Crippen LogP contribution in [0.5, 0.6) is 17.2 Å². The second-order valence-electron chi connectivity index (χ2n) is 11.0. The molecule has 1 heterocycles. The Morgan fingerprint density at radius 2 is 1.02 bits per heavy atom. The van der Waals surface area contributed by atoms with E-state index >= 15 is 0 Å². The minimum Gasteiger partial charge on any atom is -0.508 e. The first-order valence-electron chi connectivity index (χ1n) is 14.7. The number of carbonyl (C=O) groups excluding carboxylic acids is 3. The molecule has 0 fully saturated rings. The highest BCUT2D eigenvalue weighted by Gasteiger charge is 2.31. The fraction of sp³-hybridized carbons (Fsp3) is 0.242. The van der Waals surface area contributed by atoms with Crippen LogP contribution >= 0.6 is 0 Å². The number of carboxylic acids is 1. The maximum absolute atomic E-state index is 13.8. The second kappa shape index (κ2) is 15.9. The van der Waals surface area contributed by atoms with Crippen molar-refractivity contribution < 1.29 is 39.6 Å². The minimum absolute atomic E-state index is 0.00320. The van der Waals surface area contributed by atoms with Crippen molar-refractivity contribution in [2.45, 2.75) is 49.9 Å². The molecule has 14 nitrogen and oxygen atoms in total. The van der Waals surface area contributed by atoms with Gasteiger partial charge in [0, 0.05) is 31.2 Å². The number of aliphatic carboxylic acids is 1. The van der Waals surface area contributed by atoms with Crippen LogP contribution in [0.25, 0.3) is 0 Å². The third kappa shape index (κ3) is 10.3. The Balaban J connectivity index is 1.55. The molecule has 0 saturated carbocycles. The number of nitrogens with zero attached hydrogens (tertiary/aromatic N) is 1. The highest BCUT2D eigenvalue weighted by molar-refractivity contribution is 5.94. The number of carboxylic acid groups (broad SMARTS) is 1. The number of phenols is 3. The van der Waals surface area contributed by atoms with Crippen LogP contribution in [-0.4, -0.2) is 78.3 Å². The van der Waals surface area contributed by atoms with Gasteiger partial charge in [0.15, 0.2) is 0 Å². The number of aromatic amines is 1. The van der Waals surface area contributed by atoms with Crippen molar-refractivity contribution in [3.63, 3.8) is 0 Å². The lowest BCUT2D eigenvalue weighted by atomic mass is 10.0. The van der Waals surface area contributed by atoms with Gasteiger partial charge in [-0.1, -0.05) is 36.4 Å². The monoisotopic (exact) mass is 644 g/mol. The zero-order valence-corrected chi connectivity index (χ0v) is 25.2. The average molecular weight is 645 g/mol. The largest absolute Gasteiger partial charge is 0.508 e. The molecule has 0 saturated heterocycles. The molecule has 0 radical (unpaired) electrons. The van der Waals surface area contributed by atoms with E-state index in [0.717, 1.165) is 0 Å². The van der Waals surface area contributed by atoms with Crippen LogP contribution in [0.15, 0.2) is 85.3 Å². The van der Waals surface area contributed by atoms with E-state index in [2.05, 4.69) is 25.9 Å². The standard InChI is InChI=1S/C33H36N6O8/c34-26(13-19-1-7-23(40)8-2-19)30(43)37-27(14-20-3-9-24(41)10-4-20)31(44)38-28(15-21-5-11-25(42)12-6-21)32(45)39-29(33(46)47)16-22-17-35-18-36-22/h1-12,17-18,26-29,40-42H,13-16,34H2,(H,35,36)(H,37,43)(H,38,44)(H,39,45)(H,46,47). The molecule has 0 spiro atoms. The first kappa shape index (κ1) is 34.0. The number of H-pyrrole nitrogens is 1. The highest BCUT2D eigenvalue weighted by atomic mass is 16.4. The Morgan fingerprint density at radius 1 is 0.617 bits per heavy atom. The highest BCUT2D eigenvalue weighted by Crippen LogP contribution is 2.15. The van der Waals surface area contributed by atoms with E-state index in [1.54, 1.807) is 36.4 Å². The fourth-order valence-corrected chi connectivity index (χ4v) is 4.77. The van der Waals surface area contributed by atoms with Crippen LogP contribution in [0.2, 0.25) is 0 Å². The molecule has 0 aliphatic heterocycles. The molecular weight excluding hydrogens is 608 g/mol. The van der Waals surface area contributed by atoms with E-state index < -0.39 is 47.9 Å². The van der Waals surface area contributed by atoms with Gasteiger partial charge in [0.1, 0.15) is 35.4 Å². The molecule has 0 aliphatic rings. The molecule has 0 aliphatic carbocycles. The summed E-state index contributed by atoms with van der Waals surface area (Å²) >= 11 is 0. The number of aromatic nitrogens is 2. The minimum atomic E-state index is -1.35. The van der Waals surface area contributed by atoms with Gasteiger partial charge in [0.25, 0.3) is 0 Å². The Kier molecular flexibility index (Phi) is 11.5. The number of nitrogens with two attached hydrogens (primary N) is 1. The molecule has 1 aromatic heterocycles. The normalized spacial score (nSPS) is 13.5. The lowest BCUT2D eigenvalue weighted by Crippen LogP contribution is -2.58. The number of phenolic OH excluding ortho intramolecular Hbond substituents is 3. The van der Waals surface area contributed by atoms with Crippen LogP contribution in [0.3, 0.4) is 0 Å². The maximum atomic E-state index is 13.8. The molecule has 3 aromatic carbocycles. The summed E-state index contributed by atoms with van der Waals surface area (Å²) in [5, 5.41) is 46.6. The number of hydrogen-bond acceptors (Lipinski definition) is 9. The number of amides is 3. The zero-order valence-electron chi connectivity index (χ0n) is 25.2. The predicted molar refractivity (Wildman–Crippen MR) is 169 cm³/mol. The molecule has 47 heavy (non-hydrogen) atoms. The number of imidazole rings is 1. The molecule has 4 atom stereocenters. The van der Waals surface area contributed by atoms with Gasteiger partial charge in [0.2, 0.25) is 17.7 Å². The van der Waals surface area contributed by atoms with Crippen molar-refractivity contribution in [1.82, 2.24) is 25.9 Å². The van der Waals surface area contributed by atoms with E-state index in [4.69, 9.17) is 5.73 Å². The first-order valence-corrected chi connectivity index (χ1v) is 14.7. The summed E-state index contributed by atoms with van der Waals surface area (Å²) in [7, 11) is 0. The van der Waals surface area contributed by atoms with E-state index in [1.807, 2.05) is 0 Å². The van der Waals surface area contributed by atoms with Gasteiger partial charge in [-0.2, -0.15) is 0 Å². The summed E-state index contributed by atoms with van der Waals surface area (Å²) < 4.78 is 0. The van der Waals surface area contributed by atoms with Gasteiger partial charge >= 0.3 is 5.97 Å². The summed E-state index contributed by atoms with van der Waals surface area (Å²) in [6, 6.07) is 13.2. The summed E-state index contributed by atoms with van der Waals surface area (Å²) in [6.45, 7) is 0. The van der Waals surface area contributed by atoms with E-state index in [1.165, 1.54) is 48.9 Å². The molecule has 4 aromatic rings. The third-order valence-corrected chi connectivity index (χ3v) is 7.34.